The van der Waals surface area contributed by atoms with Crippen molar-refractivity contribution in [3.8, 4) is 0 Å². The maximum Gasteiger partial charge on any atom is 0.241 e. The predicted molar refractivity (Wildman–Crippen MR) is 89.6 cm³/mol. The SMILES string of the molecule is CSC(C)(C)CNS(=O)(=O)c1cc(CN)cc(C)c1Br. The molecule has 3 N–H and O–H groups in total. The lowest BCUT2D eigenvalue weighted by Gasteiger charge is -2.22. The summed E-state index contributed by atoms with van der Waals surface area (Å²) < 4.78 is 28.0. The standard InChI is InChI=1S/C13H21BrN2O2S2/c1-9-5-10(7-15)6-11(12(9)14)20(17,18)16-8-13(2,3)19-4/h5-6,16H,7-8,15H2,1-4H3. The van der Waals surface area contributed by atoms with Crippen LogP contribution in [0, 0.1) is 6.92 Å². The Bertz CT molecular complexity index is 586. The van der Waals surface area contributed by atoms with Crippen molar-refractivity contribution in [3.05, 3.63) is 27.7 Å². The topological polar surface area (TPSA) is 72.2 Å². The molecular formula is C13H21BrN2O2S2. The molecule has 1 aromatic rings. The molecule has 0 bridgehead atoms. The highest BCUT2D eigenvalue weighted by molar-refractivity contribution is 9.10. The van der Waals surface area contributed by atoms with Crippen molar-refractivity contribution >= 4 is 37.7 Å². The molecule has 0 atom stereocenters. The fourth-order valence-corrected chi connectivity index (χ4v) is 4.13. The Morgan fingerprint density at radius 3 is 2.50 bits per heavy atom. The minimum absolute atomic E-state index is 0.153. The largest absolute Gasteiger partial charge is 0.326 e. The van der Waals surface area contributed by atoms with E-state index in [9.17, 15) is 8.42 Å². The highest BCUT2D eigenvalue weighted by Gasteiger charge is 2.24. The van der Waals surface area contributed by atoms with Gasteiger partial charge in [-0.1, -0.05) is 6.07 Å². The first kappa shape index (κ1) is 18.0. The Labute approximate surface area is 134 Å². The van der Waals surface area contributed by atoms with E-state index in [-0.39, 0.29) is 9.64 Å². The fraction of sp³-hybridized carbons (Fsp3) is 0.538. The monoisotopic (exact) mass is 380 g/mol. The van der Waals surface area contributed by atoms with Crippen LogP contribution in [-0.2, 0) is 16.6 Å². The quantitative estimate of drug-likeness (QED) is 0.795. The van der Waals surface area contributed by atoms with E-state index in [2.05, 4.69) is 20.7 Å². The Morgan fingerprint density at radius 1 is 1.40 bits per heavy atom. The molecule has 114 valence electrons. The molecule has 0 radical (unpaired) electrons. The van der Waals surface area contributed by atoms with Gasteiger partial charge in [-0.25, -0.2) is 13.1 Å². The molecule has 0 spiro atoms. The van der Waals surface area contributed by atoms with E-state index in [0.717, 1.165) is 11.1 Å². The van der Waals surface area contributed by atoms with E-state index in [1.807, 2.05) is 33.1 Å². The molecule has 0 aliphatic carbocycles. The number of hydrogen-bond donors (Lipinski definition) is 2. The number of rotatable bonds is 6. The Balaban J connectivity index is 3.13. The van der Waals surface area contributed by atoms with Gasteiger partial charge in [0, 0.05) is 22.3 Å². The first-order valence-corrected chi connectivity index (χ1v) is 9.67. The molecule has 0 aliphatic heterocycles. The number of sulfonamides is 1. The number of benzene rings is 1. The number of thioether (sulfide) groups is 1. The summed E-state index contributed by atoms with van der Waals surface area (Å²) in [6, 6.07) is 3.50. The third-order valence-electron chi connectivity index (χ3n) is 3.05. The minimum atomic E-state index is -3.56. The molecule has 1 rings (SSSR count). The molecule has 0 heterocycles. The van der Waals surface area contributed by atoms with Gasteiger partial charge in [-0.2, -0.15) is 11.8 Å². The number of halogens is 1. The summed E-state index contributed by atoms with van der Waals surface area (Å²) in [5.41, 5.74) is 7.27. The van der Waals surface area contributed by atoms with Gasteiger partial charge in [-0.15, -0.1) is 0 Å². The van der Waals surface area contributed by atoms with Crippen LogP contribution in [-0.4, -0.2) is 26.0 Å². The van der Waals surface area contributed by atoms with Crippen LogP contribution in [0.5, 0.6) is 0 Å². The second-order valence-corrected chi connectivity index (χ2v) is 9.26. The lowest BCUT2D eigenvalue weighted by molar-refractivity contribution is 0.570. The van der Waals surface area contributed by atoms with Crippen LogP contribution >= 0.6 is 27.7 Å². The van der Waals surface area contributed by atoms with Gasteiger partial charge in [0.05, 0.1) is 4.90 Å². The van der Waals surface area contributed by atoms with E-state index in [1.54, 1.807) is 17.8 Å². The zero-order chi connectivity index (χ0) is 15.6. The van der Waals surface area contributed by atoms with Crippen LogP contribution in [0.25, 0.3) is 0 Å². The van der Waals surface area contributed by atoms with E-state index < -0.39 is 10.0 Å². The number of aryl methyl sites for hydroxylation is 1. The van der Waals surface area contributed by atoms with Crippen molar-refractivity contribution in [1.29, 1.82) is 0 Å². The van der Waals surface area contributed by atoms with E-state index >= 15 is 0 Å². The molecule has 20 heavy (non-hydrogen) atoms. The molecule has 7 heteroatoms. The molecule has 1 aromatic carbocycles. The molecule has 0 aliphatic rings. The lowest BCUT2D eigenvalue weighted by Crippen LogP contribution is -2.36. The van der Waals surface area contributed by atoms with Crippen LogP contribution in [0.3, 0.4) is 0 Å². The van der Waals surface area contributed by atoms with Crippen LogP contribution in [0.4, 0.5) is 0 Å². The Morgan fingerprint density at radius 2 is 2.00 bits per heavy atom. The number of nitrogens with two attached hydrogens (primary N) is 1. The van der Waals surface area contributed by atoms with E-state index in [0.29, 0.717) is 17.6 Å². The zero-order valence-corrected chi connectivity index (χ0v) is 15.4. The zero-order valence-electron chi connectivity index (χ0n) is 12.2. The van der Waals surface area contributed by atoms with Crippen molar-refractivity contribution < 1.29 is 8.42 Å². The Hall–Kier alpha value is -0.0800. The molecule has 4 nitrogen and oxygen atoms in total. The van der Waals surface area contributed by atoms with Gasteiger partial charge in [-0.05, 0) is 60.2 Å². The lowest BCUT2D eigenvalue weighted by atomic mass is 10.1. The molecule has 0 fully saturated rings. The van der Waals surface area contributed by atoms with E-state index in [4.69, 9.17) is 5.73 Å². The first-order chi connectivity index (χ1) is 9.13. The van der Waals surface area contributed by atoms with Crippen molar-refractivity contribution in [2.45, 2.75) is 37.0 Å². The average Bonchev–Trinajstić information content (AvgIpc) is 2.39. The van der Waals surface area contributed by atoms with Gasteiger partial charge in [0.2, 0.25) is 10.0 Å². The molecule has 0 saturated heterocycles. The van der Waals surface area contributed by atoms with Gasteiger partial charge < -0.3 is 5.73 Å². The summed E-state index contributed by atoms with van der Waals surface area (Å²) in [6.07, 6.45) is 1.96. The Kier molecular flexibility index (Phi) is 6.10. The minimum Gasteiger partial charge on any atom is -0.326 e. The number of nitrogens with one attached hydrogen (secondary N) is 1. The third kappa shape index (κ3) is 4.46. The van der Waals surface area contributed by atoms with Gasteiger partial charge in [-0.3, -0.25) is 0 Å². The summed E-state index contributed by atoms with van der Waals surface area (Å²) in [5.74, 6) is 0. The average molecular weight is 381 g/mol. The van der Waals surface area contributed by atoms with Gasteiger partial charge in [0.25, 0.3) is 0 Å². The summed E-state index contributed by atoms with van der Waals surface area (Å²) in [7, 11) is -3.56. The summed E-state index contributed by atoms with van der Waals surface area (Å²) in [6.45, 7) is 6.53. The second kappa shape index (κ2) is 6.79. The first-order valence-electron chi connectivity index (χ1n) is 6.17. The van der Waals surface area contributed by atoms with Crippen LogP contribution in [0.15, 0.2) is 21.5 Å². The van der Waals surface area contributed by atoms with Crippen molar-refractivity contribution in [3.63, 3.8) is 0 Å². The second-order valence-electron chi connectivity index (χ2n) is 5.22. The maximum atomic E-state index is 12.4. The van der Waals surface area contributed by atoms with Gasteiger partial charge in [0.1, 0.15) is 0 Å². The smallest absolute Gasteiger partial charge is 0.241 e. The molecule has 0 saturated carbocycles. The van der Waals surface area contributed by atoms with Crippen molar-refractivity contribution in [2.24, 2.45) is 5.73 Å². The van der Waals surface area contributed by atoms with E-state index in [1.165, 1.54) is 0 Å². The van der Waals surface area contributed by atoms with Crippen LogP contribution in [0.2, 0.25) is 0 Å². The van der Waals surface area contributed by atoms with Crippen molar-refractivity contribution in [1.82, 2.24) is 4.72 Å². The summed E-state index contributed by atoms with van der Waals surface area (Å²) in [4.78, 5) is 0.245. The molecule has 0 unspecified atom stereocenters. The molecular weight excluding hydrogens is 360 g/mol. The maximum absolute atomic E-state index is 12.4. The highest BCUT2D eigenvalue weighted by Crippen LogP contribution is 2.28. The summed E-state index contributed by atoms with van der Waals surface area (Å²) >= 11 is 4.97. The molecule has 0 aromatic heterocycles. The predicted octanol–water partition coefficient (Wildman–Crippen LogP) is 2.64. The normalized spacial score (nSPS) is 12.7. The highest BCUT2D eigenvalue weighted by atomic mass is 79.9. The number of hydrogen-bond acceptors (Lipinski definition) is 4. The fourth-order valence-electron chi connectivity index (χ4n) is 1.54. The van der Waals surface area contributed by atoms with Gasteiger partial charge >= 0.3 is 0 Å². The third-order valence-corrected chi connectivity index (χ3v) is 7.04. The van der Waals surface area contributed by atoms with Crippen LogP contribution in [0.1, 0.15) is 25.0 Å². The van der Waals surface area contributed by atoms with Crippen molar-refractivity contribution in [2.75, 3.05) is 12.8 Å². The summed E-state index contributed by atoms with van der Waals surface area (Å²) in [5, 5.41) is 0. The van der Waals surface area contributed by atoms with Crippen LogP contribution < -0.4 is 10.5 Å². The van der Waals surface area contributed by atoms with Gasteiger partial charge in [0.15, 0.2) is 0 Å². The molecule has 0 amide bonds.